The van der Waals surface area contributed by atoms with Crippen molar-refractivity contribution >= 4 is 5.97 Å². The van der Waals surface area contributed by atoms with Gasteiger partial charge >= 0.3 is 5.97 Å². The van der Waals surface area contributed by atoms with Gasteiger partial charge in [0.05, 0.1) is 12.2 Å². The zero-order valence-electron chi connectivity index (χ0n) is 11.6. The number of nitrogens with one attached hydrogen (secondary N) is 1. The number of likely N-dealkylation sites (N-methyl/N-ethyl adjacent to an activating group) is 1. The molecule has 0 aromatic rings. The third-order valence-electron chi connectivity index (χ3n) is 3.89. The van der Waals surface area contributed by atoms with Crippen molar-refractivity contribution in [2.75, 3.05) is 20.8 Å². The molecule has 0 aromatic heterocycles. The maximum atomic E-state index is 11.1. The molecule has 0 amide bonds. The number of carboxylic acid groups (broad SMARTS) is 1. The van der Waals surface area contributed by atoms with Gasteiger partial charge in [-0.3, -0.25) is 4.79 Å². The summed E-state index contributed by atoms with van der Waals surface area (Å²) in [7, 11) is 3.39. The first-order chi connectivity index (χ1) is 8.51. The molecule has 0 radical (unpaired) electrons. The average molecular weight is 259 g/mol. The fourth-order valence-electron chi connectivity index (χ4n) is 2.24. The molecule has 3 unspecified atom stereocenters. The van der Waals surface area contributed by atoms with Gasteiger partial charge in [-0.25, -0.2) is 0 Å². The van der Waals surface area contributed by atoms with Crippen LogP contribution in [0.4, 0.5) is 0 Å². The van der Waals surface area contributed by atoms with E-state index in [9.17, 15) is 4.79 Å². The zero-order chi connectivity index (χ0) is 13.6. The van der Waals surface area contributed by atoms with Crippen LogP contribution in [0, 0.1) is 0 Å². The molecule has 0 bridgehead atoms. The predicted molar refractivity (Wildman–Crippen MR) is 68.7 cm³/mol. The van der Waals surface area contributed by atoms with Crippen LogP contribution < -0.4 is 5.32 Å². The summed E-state index contributed by atoms with van der Waals surface area (Å²) in [6.07, 6.45) is 5.14. The Morgan fingerprint density at radius 1 is 1.44 bits per heavy atom. The summed E-state index contributed by atoms with van der Waals surface area (Å²) in [6.45, 7) is 2.14. The summed E-state index contributed by atoms with van der Waals surface area (Å²) in [5, 5.41) is 11.9. The lowest BCUT2D eigenvalue weighted by molar-refractivity contribution is -0.145. The van der Waals surface area contributed by atoms with E-state index in [1.807, 2.05) is 0 Å². The number of aliphatic carboxylic acids is 1. The van der Waals surface area contributed by atoms with Gasteiger partial charge in [0.15, 0.2) is 0 Å². The van der Waals surface area contributed by atoms with Gasteiger partial charge in [0, 0.05) is 13.7 Å². The van der Waals surface area contributed by atoms with Crippen LogP contribution in [0.5, 0.6) is 0 Å². The quantitative estimate of drug-likeness (QED) is 0.723. The number of carbonyl (C=O) groups is 1. The SMILES string of the molecule is CNC(C)(CCOC1CCCC(OC)C1)C(=O)O. The maximum absolute atomic E-state index is 11.1. The Morgan fingerprint density at radius 3 is 2.67 bits per heavy atom. The largest absolute Gasteiger partial charge is 0.480 e. The number of ether oxygens (including phenoxy) is 2. The second-order valence-corrected chi connectivity index (χ2v) is 5.15. The molecule has 5 nitrogen and oxygen atoms in total. The monoisotopic (exact) mass is 259 g/mol. The average Bonchev–Trinajstić information content (AvgIpc) is 2.38. The number of hydrogen-bond acceptors (Lipinski definition) is 4. The standard InChI is InChI=1S/C13H25NO4/c1-13(14-2,12(15)16)7-8-18-11-6-4-5-10(9-11)17-3/h10-11,14H,4-9H2,1-3H3,(H,15,16). The van der Waals surface area contributed by atoms with E-state index >= 15 is 0 Å². The van der Waals surface area contributed by atoms with Crippen molar-refractivity contribution in [2.45, 2.75) is 56.8 Å². The molecule has 0 spiro atoms. The van der Waals surface area contributed by atoms with Crippen molar-refractivity contribution in [1.29, 1.82) is 0 Å². The first kappa shape index (κ1) is 15.4. The van der Waals surface area contributed by atoms with Crippen molar-refractivity contribution in [3.8, 4) is 0 Å². The van der Waals surface area contributed by atoms with Gasteiger partial charge in [-0.1, -0.05) is 0 Å². The van der Waals surface area contributed by atoms with Gasteiger partial charge in [0.1, 0.15) is 5.54 Å². The molecule has 0 heterocycles. The first-order valence-corrected chi connectivity index (χ1v) is 6.58. The second-order valence-electron chi connectivity index (χ2n) is 5.15. The minimum absolute atomic E-state index is 0.207. The Hall–Kier alpha value is -0.650. The Balaban J connectivity index is 2.30. The van der Waals surface area contributed by atoms with Crippen LogP contribution in [0.3, 0.4) is 0 Å². The van der Waals surface area contributed by atoms with Crippen molar-refractivity contribution < 1.29 is 19.4 Å². The molecule has 18 heavy (non-hydrogen) atoms. The Morgan fingerprint density at radius 2 is 2.11 bits per heavy atom. The lowest BCUT2D eigenvalue weighted by Gasteiger charge is -2.30. The number of carboxylic acids is 1. The molecule has 5 heteroatoms. The maximum Gasteiger partial charge on any atom is 0.323 e. The van der Waals surface area contributed by atoms with E-state index in [4.69, 9.17) is 14.6 Å². The molecule has 2 N–H and O–H groups in total. The highest BCUT2D eigenvalue weighted by atomic mass is 16.5. The van der Waals surface area contributed by atoms with E-state index in [0.717, 1.165) is 25.7 Å². The van der Waals surface area contributed by atoms with Gasteiger partial charge in [-0.2, -0.15) is 0 Å². The Kier molecular flexibility index (Phi) is 6.05. The number of methoxy groups -OCH3 is 1. The highest BCUT2D eigenvalue weighted by Crippen LogP contribution is 2.23. The Bertz CT molecular complexity index is 272. The zero-order valence-corrected chi connectivity index (χ0v) is 11.6. The van der Waals surface area contributed by atoms with Crippen molar-refractivity contribution in [3.63, 3.8) is 0 Å². The van der Waals surface area contributed by atoms with Crippen LogP contribution in [-0.2, 0) is 14.3 Å². The molecule has 1 aliphatic carbocycles. The summed E-state index contributed by atoms with van der Waals surface area (Å²) in [4.78, 5) is 11.1. The molecule has 1 saturated carbocycles. The van der Waals surface area contributed by atoms with Gasteiger partial charge in [-0.15, -0.1) is 0 Å². The van der Waals surface area contributed by atoms with Gasteiger partial charge in [0.2, 0.25) is 0 Å². The predicted octanol–water partition coefficient (Wildman–Crippen LogP) is 1.41. The molecule has 1 fully saturated rings. The molecule has 0 saturated heterocycles. The van der Waals surface area contributed by atoms with Crippen LogP contribution in [-0.4, -0.2) is 49.6 Å². The number of hydrogen-bond donors (Lipinski definition) is 2. The van der Waals surface area contributed by atoms with Crippen LogP contribution in [0.1, 0.15) is 39.0 Å². The van der Waals surface area contributed by atoms with Gasteiger partial charge < -0.3 is 19.9 Å². The summed E-state index contributed by atoms with van der Waals surface area (Å²) >= 11 is 0. The van der Waals surface area contributed by atoms with E-state index in [2.05, 4.69) is 5.32 Å². The minimum atomic E-state index is -0.907. The topological polar surface area (TPSA) is 67.8 Å². The summed E-state index contributed by atoms with van der Waals surface area (Å²) in [5.41, 5.74) is -0.907. The summed E-state index contributed by atoms with van der Waals surface area (Å²) in [5.74, 6) is -0.841. The molecule has 0 aliphatic heterocycles. The van der Waals surface area contributed by atoms with E-state index < -0.39 is 11.5 Å². The van der Waals surface area contributed by atoms with Gasteiger partial charge in [-0.05, 0) is 46.1 Å². The molecule has 1 rings (SSSR count). The fraction of sp³-hybridized carbons (Fsp3) is 0.923. The molecule has 0 aromatic carbocycles. The lowest BCUT2D eigenvalue weighted by atomic mass is 9.94. The van der Waals surface area contributed by atoms with Crippen LogP contribution >= 0.6 is 0 Å². The summed E-state index contributed by atoms with van der Waals surface area (Å²) in [6, 6.07) is 0. The van der Waals surface area contributed by atoms with E-state index in [-0.39, 0.29) is 6.10 Å². The fourth-order valence-corrected chi connectivity index (χ4v) is 2.24. The highest BCUT2D eigenvalue weighted by Gasteiger charge is 2.31. The van der Waals surface area contributed by atoms with Crippen molar-refractivity contribution in [1.82, 2.24) is 5.32 Å². The van der Waals surface area contributed by atoms with E-state index in [0.29, 0.717) is 19.1 Å². The summed E-state index contributed by atoms with van der Waals surface area (Å²) < 4.78 is 11.1. The smallest absolute Gasteiger partial charge is 0.323 e. The molecule has 106 valence electrons. The van der Waals surface area contributed by atoms with Crippen molar-refractivity contribution in [2.24, 2.45) is 0 Å². The third-order valence-corrected chi connectivity index (χ3v) is 3.89. The van der Waals surface area contributed by atoms with Crippen LogP contribution in [0.25, 0.3) is 0 Å². The molecule has 1 aliphatic rings. The van der Waals surface area contributed by atoms with Crippen LogP contribution in [0.15, 0.2) is 0 Å². The Labute approximate surface area is 109 Å². The van der Waals surface area contributed by atoms with E-state index in [1.165, 1.54) is 0 Å². The van der Waals surface area contributed by atoms with Crippen LogP contribution in [0.2, 0.25) is 0 Å². The first-order valence-electron chi connectivity index (χ1n) is 6.58. The second kappa shape index (κ2) is 7.07. The normalized spacial score (nSPS) is 27.7. The third kappa shape index (κ3) is 4.23. The number of rotatable bonds is 7. The molecule has 3 atom stereocenters. The lowest BCUT2D eigenvalue weighted by Crippen LogP contribution is -2.48. The molecular formula is C13H25NO4. The van der Waals surface area contributed by atoms with Gasteiger partial charge in [0.25, 0.3) is 0 Å². The molecular weight excluding hydrogens is 234 g/mol. The van der Waals surface area contributed by atoms with Crippen molar-refractivity contribution in [3.05, 3.63) is 0 Å². The highest BCUT2D eigenvalue weighted by molar-refractivity contribution is 5.78. The van der Waals surface area contributed by atoms with E-state index in [1.54, 1.807) is 21.1 Å². The minimum Gasteiger partial charge on any atom is -0.480 e.